The highest BCUT2D eigenvalue weighted by Gasteiger charge is 2.34. The van der Waals surface area contributed by atoms with Crippen LogP contribution in [0.3, 0.4) is 0 Å². The van der Waals surface area contributed by atoms with E-state index < -0.39 is 23.2 Å². The average Bonchev–Trinajstić information content (AvgIpc) is 2.66. The summed E-state index contributed by atoms with van der Waals surface area (Å²) in [7, 11) is 0. The van der Waals surface area contributed by atoms with Crippen LogP contribution in [0, 0.1) is 6.92 Å². The molecule has 1 aromatic heterocycles. The van der Waals surface area contributed by atoms with Crippen LogP contribution in [0.15, 0.2) is 30.3 Å². The van der Waals surface area contributed by atoms with E-state index in [-0.39, 0.29) is 6.54 Å². The van der Waals surface area contributed by atoms with Gasteiger partial charge in [-0.2, -0.15) is 13.2 Å². The number of aryl methyl sites for hydroxylation is 1. The Morgan fingerprint density at radius 3 is 2.63 bits per heavy atom. The summed E-state index contributed by atoms with van der Waals surface area (Å²) < 4.78 is 44.5. The van der Waals surface area contributed by atoms with E-state index >= 15 is 0 Å². The first-order chi connectivity index (χ1) is 12.8. The highest BCUT2D eigenvalue weighted by molar-refractivity contribution is 5.95. The van der Waals surface area contributed by atoms with Gasteiger partial charge in [-0.3, -0.25) is 4.79 Å². The smallest absolute Gasteiger partial charge is 0.378 e. The zero-order valence-electron chi connectivity index (χ0n) is 14.7. The predicted molar refractivity (Wildman–Crippen MR) is 92.4 cm³/mol. The van der Waals surface area contributed by atoms with Gasteiger partial charge in [0.05, 0.1) is 30.9 Å². The molecule has 0 spiro atoms. The molecule has 0 saturated carbocycles. The maximum Gasteiger partial charge on any atom is 0.417 e. The lowest BCUT2D eigenvalue weighted by Gasteiger charge is -2.28. The highest BCUT2D eigenvalue weighted by Crippen LogP contribution is 2.31. The second-order valence-corrected chi connectivity index (χ2v) is 6.11. The summed E-state index contributed by atoms with van der Waals surface area (Å²) in [6, 6.07) is 6.50. The van der Waals surface area contributed by atoms with Crippen LogP contribution >= 0.6 is 0 Å². The summed E-state index contributed by atoms with van der Waals surface area (Å²) in [5.74, 6) is 0.237. The summed E-state index contributed by atoms with van der Waals surface area (Å²) in [6.45, 7) is 4.33. The first-order valence-electron chi connectivity index (χ1n) is 8.46. The minimum absolute atomic E-state index is 0.0654. The molecule has 6 nitrogen and oxygen atoms in total. The van der Waals surface area contributed by atoms with E-state index in [4.69, 9.17) is 4.74 Å². The van der Waals surface area contributed by atoms with Gasteiger partial charge in [-0.25, -0.2) is 9.97 Å². The number of rotatable bonds is 4. The van der Waals surface area contributed by atoms with E-state index in [0.29, 0.717) is 43.6 Å². The molecule has 1 aliphatic rings. The van der Waals surface area contributed by atoms with E-state index in [2.05, 4.69) is 15.3 Å². The normalized spacial score (nSPS) is 14.9. The molecular weight excluding hydrogens is 361 g/mol. The maximum absolute atomic E-state index is 13.1. The van der Waals surface area contributed by atoms with Crippen molar-refractivity contribution < 1.29 is 22.7 Å². The van der Waals surface area contributed by atoms with Crippen LogP contribution in [0.1, 0.15) is 27.4 Å². The SMILES string of the molecule is Cc1cc(N2CCOCC2)nc(CNC(=O)c2ccccc2C(F)(F)F)n1. The van der Waals surface area contributed by atoms with Crippen LogP contribution in [0.25, 0.3) is 0 Å². The summed E-state index contributed by atoms with van der Waals surface area (Å²) in [5.41, 5.74) is -0.681. The number of ether oxygens (including phenoxy) is 1. The molecule has 9 heteroatoms. The molecule has 0 aliphatic carbocycles. The molecular formula is C18H19F3N4O2. The number of alkyl halides is 3. The number of hydrogen-bond acceptors (Lipinski definition) is 5. The molecule has 27 heavy (non-hydrogen) atoms. The Kier molecular flexibility index (Phi) is 5.59. The van der Waals surface area contributed by atoms with E-state index in [1.807, 2.05) is 11.0 Å². The van der Waals surface area contributed by atoms with Crippen molar-refractivity contribution in [3.8, 4) is 0 Å². The van der Waals surface area contributed by atoms with Crippen molar-refractivity contribution >= 4 is 11.7 Å². The molecule has 1 amide bonds. The minimum atomic E-state index is -4.60. The summed E-state index contributed by atoms with van der Waals surface area (Å²) >= 11 is 0. The number of anilines is 1. The Hall–Kier alpha value is -2.68. The third-order valence-electron chi connectivity index (χ3n) is 4.11. The van der Waals surface area contributed by atoms with Crippen LogP contribution in [0.4, 0.5) is 19.0 Å². The monoisotopic (exact) mass is 380 g/mol. The molecule has 2 aromatic rings. The third-order valence-corrected chi connectivity index (χ3v) is 4.11. The summed E-state index contributed by atoms with van der Waals surface area (Å²) in [4.78, 5) is 23.0. The number of nitrogens with zero attached hydrogens (tertiary/aromatic N) is 3. The van der Waals surface area contributed by atoms with Crippen LogP contribution < -0.4 is 10.2 Å². The number of aromatic nitrogens is 2. The van der Waals surface area contributed by atoms with Crippen molar-refractivity contribution in [3.05, 3.63) is 53.0 Å². The molecule has 1 fully saturated rings. The molecule has 144 valence electrons. The first kappa shape index (κ1) is 19.1. The Bertz CT molecular complexity index is 820. The van der Waals surface area contributed by atoms with Gasteiger partial charge in [0.15, 0.2) is 0 Å². The standard InChI is InChI=1S/C18H19F3N4O2/c1-12-10-16(25-6-8-27-9-7-25)24-15(23-12)11-22-17(26)13-4-2-3-5-14(13)18(19,20)21/h2-5,10H,6-9,11H2,1H3,(H,22,26). The lowest BCUT2D eigenvalue weighted by molar-refractivity contribution is -0.137. The minimum Gasteiger partial charge on any atom is -0.378 e. The number of carbonyl (C=O) groups excluding carboxylic acids is 1. The van der Waals surface area contributed by atoms with Crippen LogP contribution in [-0.4, -0.2) is 42.2 Å². The van der Waals surface area contributed by atoms with Gasteiger partial charge in [0.1, 0.15) is 11.6 Å². The number of carbonyl (C=O) groups is 1. The molecule has 3 rings (SSSR count). The van der Waals surface area contributed by atoms with Gasteiger partial charge in [-0.1, -0.05) is 12.1 Å². The molecule has 0 bridgehead atoms. The van der Waals surface area contributed by atoms with Gasteiger partial charge in [0, 0.05) is 24.8 Å². The van der Waals surface area contributed by atoms with E-state index in [1.54, 1.807) is 6.92 Å². The molecule has 1 aromatic carbocycles. The first-order valence-corrected chi connectivity index (χ1v) is 8.46. The van der Waals surface area contributed by atoms with Crippen molar-refractivity contribution in [1.29, 1.82) is 0 Å². The highest BCUT2D eigenvalue weighted by atomic mass is 19.4. The Morgan fingerprint density at radius 1 is 1.22 bits per heavy atom. The van der Waals surface area contributed by atoms with Crippen LogP contribution in [0.5, 0.6) is 0 Å². The largest absolute Gasteiger partial charge is 0.417 e. The second kappa shape index (κ2) is 7.91. The van der Waals surface area contributed by atoms with Crippen molar-refractivity contribution in [2.45, 2.75) is 19.6 Å². The topological polar surface area (TPSA) is 67.3 Å². The fraction of sp³-hybridized carbons (Fsp3) is 0.389. The number of amides is 1. The van der Waals surface area contributed by atoms with Gasteiger partial charge in [0.2, 0.25) is 0 Å². The number of halogens is 3. The van der Waals surface area contributed by atoms with Gasteiger partial charge in [-0.05, 0) is 19.1 Å². The molecule has 2 heterocycles. The van der Waals surface area contributed by atoms with Gasteiger partial charge in [0.25, 0.3) is 5.91 Å². The third kappa shape index (κ3) is 4.73. The van der Waals surface area contributed by atoms with Crippen molar-refractivity contribution in [3.63, 3.8) is 0 Å². The number of morpholine rings is 1. The van der Waals surface area contributed by atoms with Gasteiger partial charge in [-0.15, -0.1) is 0 Å². The maximum atomic E-state index is 13.1. The fourth-order valence-corrected chi connectivity index (χ4v) is 2.83. The average molecular weight is 380 g/mol. The van der Waals surface area contributed by atoms with Crippen molar-refractivity contribution in [2.24, 2.45) is 0 Å². The molecule has 0 radical (unpaired) electrons. The number of benzene rings is 1. The van der Waals surface area contributed by atoms with E-state index in [0.717, 1.165) is 12.1 Å². The Labute approximate surface area is 154 Å². The Balaban J connectivity index is 1.73. The van der Waals surface area contributed by atoms with Crippen molar-refractivity contribution in [1.82, 2.24) is 15.3 Å². The number of nitrogens with one attached hydrogen (secondary N) is 1. The summed E-state index contributed by atoms with van der Waals surface area (Å²) in [5, 5.41) is 2.48. The van der Waals surface area contributed by atoms with Crippen LogP contribution in [0.2, 0.25) is 0 Å². The number of hydrogen-bond donors (Lipinski definition) is 1. The van der Waals surface area contributed by atoms with Gasteiger partial charge >= 0.3 is 6.18 Å². The van der Waals surface area contributed by atoms with Crippen molar-refractivity contribution in [2.75, 3.05) is 31.2 Å². The van der Waals surface area contributed by atoms with E-state index in [1.165, 1.54) is 12.1 Å². The predicted octanol–water partition coefficient (Wildman–Crippen LogP) is 2.57. The summed E-state index contributed by atoms with van der Waals surface area (Å²) in [6.07, 6.45) is -4.60. The fourth-order valence-electron chi connectivity index (χ4n) is 2.83. The molecule has 1 saturated heterocycles. The quantitative estimate of drug-likeness (QED) is 0.883. The molecule has 0 unspecified atom stereocenters. The van der Waals surface area contributed by atoms with E-state index in [9.17, 15) is 18.0 Å². The Morgan fingerprint density at radius 2 is 1.93 bits per heavy atom. The zero-order chi connectivity index (χ0) is 19.4. The molecule has 0 atom stereocenters. The zero-order valence-corrected chi connectivity index (χ0v) is 14.7. The van der Waals surface area contributed by atoms with Crippen LogP contribution in [-0.2, 0) is 17.5 Å². The molecule has 1 aliphatic heterocycles. The lowest BCUT2D eigenvalue weighted by Crippen LogP contribution is -2.37. The lowest BCUT2D eigenvalue weighted by atomic mass is 10.1. The second-order valence-electron chi connectivity index (χ2n) is 6.11. The molecule has 1 N–H and O–H groups in total. The van der Waals surface area contributed by atoms with Gasteiger partial charge < -0.3 is 15.0 Å².